The number of benzene rings is 3. The summed E-state index contributed by atoms with van der Waals surface area (Å²) in [5.41, 5.74) is 6.22. The van der Waals surface area contributed by atoms with Gasteiger partial charge in [-0.05, 0) is 61.1 Å². The summed E-state index contributed by atoms with van der Waals surface area (Å²) in [6.45, 7) is 4.17. The van der Waals surface area contributed by atoms with Crippen LogP contribution in [-0.4, -0.2) is 11.7 Å². The Morgan fingerprint density at radius 2 is 1.68 bits per heavy atom. The number of amides is 1. The number of hydrogen-bond donors (Lipinski definition) is 1. The second-order valence-electron chi connectivity index (χ2n) is 10.3. The number of rotatable bonds is 6. The number of nitrogens with one attached hydrogen (secondary N) is 1. The first kappa shape index (κ1) is 26.5. The molecule has 0 fully saturated rings. The quantitative estimate of drug-likeness (QED) is 0.314. The minimum Gasteiger partial charge on any atom is -0.357 e. The van der Waals surface area contributed by atoms with Crippen LogP contribution >= 0.6 is 23.2 Å². The predicted molar refractivity (Wildman–Crippen MR) is 156 cm³/mol. The maximum atomic E-state index is 14.1. The van der Waals surface area contributed by atoms with Crippen LogP contribution in [-0.2, 0) is 9.59 Å². The van der Waals surface area contributed by atoms with Crippen molar-refractivity contribution in [3.8, 4) is 0 Å². The molecule has 5 rings (SSSR count). The van der Waals surface area contributed by atoms with Crippen LogP contribution in [0.1, 0.15) is 74.1 Å². The largest absolute Gasteiger partial charge is 0.357 e. The average molecular weight is 548 g/mol. The van der Waals surface area contributed by atoms with E-state index in [1.165, 1.54) is 0 Å². The van der Waals surface area contributed by atoms with Crippen molar-refractivity contribution in [2.24, 2.45) is 0 Å². The summed E-state index contributed by atoms with van der Waals surface area (Å²) < 4.78 is 0. The summed E-state index contributed by atoms with van der Waals surface area (Å²) in [5.74, 6) is 0.0344. The van der Waals surface area contributed by atoms with Gasteiger partial charge in [0.15, 0.2) is 5.78 Å². The van der Waals surface area contributed by atoms with E-state index >= 15 is 0 Å². The van der Waals surface area contributed by atoms with Crippen LogP contribution in [0.15, 0.2) is 78.0 Å². The topological polar surface area (TPSA) is 49.4 Å². The number of carbonyl (C=O) groups is 2. The lowest BCUT2D eigenvalue weighted by Crippen LogP contribution is -2.38. The molecule has 1 aliphatic heterocycles. The van der Waals surface area contributed by atoms with Gasteiger partial charge in [-0.15, -0.1) is 0 Å². The maximum absolute atomic E-state index is 14.1. The van der Waals surface area contributed by atoms with E-state index in [1.54, 1.807) is 6.07 Å². The molecule has 0 aromatic heterocycles. The highest BCUT2D eigenvalue weighted by Gasteiger charge is 2.41. The van der Waals surface area contributed by atoms with Gasteiger partial charge in [-0.1, -0.05) is 91.0 Å². The Bertz CT molecular complexity index is 1400. The van der Waals surface area contributed by atoms with Crippen LogP contribution in [0.4, 0.5) is 11.4 Å². The third-order valence-electron chi connectivity index (χ3n) is 7.56. The first-order chi connectivity index (χ1) is 18.4. The first-order valence-corrected chi connectivity index (χ1v) is 14.1. The zero-order valence-corrected chi connectivity index (χ0v) is 23.3. The van der Waals surface area contributed by atoms with Crippen molar-refractivity contribution >= 4 is 46.3 Å². The number of hydrogen-bond acceptors (Lipinski definition) is 3. The molecule has 1 N–H and O–H groups in total. The lowest BCUT2D eigenvalue weighted by molar-refractivity contribution is -0.119. The van der Waals surface area contributed by atoms with Crippen molar-refractivity contribution in [3.05, 3.63) is 105 Å². The summed E-state index contributed by atoms with van der Waals surface area (Å²) in [6, 6.07) is 21.1. The van der Waals surface area contributed by atoms with Gasteiger partial charge in [-0.3, -0.25) is 14.5 Å². The SMILES string of the molecule is CCCCCC(=O)N1c2ccccc2NC2=C(C(=O)C[C@H](c3ccc(Cl)c(Cl)c3)C2)[C@H]1c1ccc(C)cc1. The predicted octanol–water partition coefficient (Wildman–Crippen LogP) is 8.78. The van der Waals surface area contributed by atoms with Gasteiger partial charge >= 0.3 is 0 Å². The molecule has 4 nitrogen and oxygen atoms in total. The van der Waals surface area contributed by atoms with E-state index in [2.05, 4.69) is 12.2 Å². The van der Waals surface area contributed by atoms with Gasteiger partial charge in [0, 0.05) is 24.1 Å². The van der Waals surface area contributed by atoms with E-state index in [0.717, 1.165) is 53.0 Å². The number of carbonyl (C=O) groups excluding carboxylic acids is 2. The van der Waals surface area contributed by atoms with Crippen molar-refractivity contribution in [2.45, 2.75) is 64.3 Å². The van der Waals surface area contributed by atoms with Crippen LogP contribution in [0, 0.1) is 6.92 Å². The van der Waals surface area contributed by atoms with Gasteiger partial charge in [-0.25, -0.2) is 0 Å². The van der Waals surface area contributed by atoms with E-state index in [0.29, 0.717) is 34.9 Å². The van der Waals surface area contributed by atoms with Gasteiger partial charge in [0.05, 0.1) is 27.5 Å². The molecule has 6 heteroatoms. The lowest BCUT2D eigenvalue weighted by Gasteiger charge is -2.35. The second kappa shape index (κ2) is 11.3. The Morgan fingerprint density at radius 3 is 2.42 bits per heavy atom. The molecule has 0 unspecified atom stereocenters. The fraction of sp³-hybridized carbons (Fsp3) is 0.312. The molecule has 2 atom stereocenters. The molecular formula is C32H32Cl2N2O2. The minimum atomic E-state index is -0.502. The Labute approximate surface area is 234 Å². The van der Waals surface area contributed by atoms with Gasteiger partial charge in [-0.2, -0.15) is 0 Å². The summed E-state index contributed by atoms with van der Waals surface area (Å²) >= 11 is 12.5. The first-order valence-electron chi connectivity index (χ1n) is 13.3. The highest BCUT2D eigenvalue weighted by atomic mass is 35.5. The van der Waals surface area contributed by atoms with Crippen molar-refractivity contribution < 1.29 is 9.59 Å². The van der Waals surface area contributed by atoms with Crippen LogP contribution < -0.4 is 10.2 Å². The summed E-state index contributed by atoms with van der Waals surface area (Å²) in [6.07, 6.45) is 4.26. The van der Waals surface area contributed by atoms with Crippen LogP contribution in [0.2, 0.25) is 10.0 Å². The Balaban J connectivity index is 1.65. The minimum absolute atomic E-state index is 0.0337. The molecule has 1 aliphatic carbocycles. The molecule has 0 radical (unpaired) electrons. The lowest BCUT2D eigenvalue weighted by atomic mass is 9.78. The monoisotopic (exact) mass is 546 g/mol. The number of allylic oxidation sites excluding steroid dienone is 1. The molecule has 1 heterocycles. The zero-order chi connectivity index (χ0) is 26.8. The molecular weight excluding hydrogens is 515 g/mol. The summed E-state index contributed by atoms with van der Waals surface area (Å²) in [7, 11) is 0. The molecule has 0 bridgehead atoms. The standard InChI is InChI=1S/C32H32Cl2N2O2/c1-3-4-5-10-30(38)36-28-9-7-6-8-26(28)35-27-18-23(22-15-16-24(33)25(34)17-22)19-29(37)31(27)32(36)21-13-11-20(2)12-14-21/h6-9,11-17,23,32,35H,3-5,10,18-19H2,1-2H3/t23-,32-/m1/s1. The number of anilines is 2. The normalized spacial score (nSPS) is 18.9. The maximum Gasteiger partial charge on any atom is 0.227 e. The van der Waals surface area contributed by atoms with Crippen molar-refractivity contribution in [1.29, 1.82) is 0 Å². The van der Waals surface area contributed by atoms with Crippen molar-refractivity contribution in [3.63, 3.8) is 0 Å². The molecule has 196 valence electrons. The number of para-hydroxylation sites is 2. The zero-order valence-electron chi connectivity index (χ0n) is 21.8. The number of Topliss-reactive ketones (excluding diaryl/α,β-unsaturated/α-hetero) is 1. The number of aryl methyl sites for hydroxylation is 1. The fourth-order valence-corrected chi connectivity index (χ4v) is 5.88. The van der Waals surface area contributed by atoms with Gasteiger partial charge in [0.25, 0.3) is 0 Å². The van der Waals surface area contributed by atoms with Gasteiger partial charge in [0.2, 0.25) is 5.91 Å². The van der Waals surface area contributed by atoms with E-state index < -0.39 is 6.04 Å². The number of halogens is 2. The van der Waals surface area contributed by atoms with Crippen LogP contribution in [0.5, 0.6) is 0 Å². The molecule has 3 aromatic rings. The highest BCUT2D eigenvalue weighted by molar-refractivity contribution is 6.42. The Kier molecular flexibility index (Phi) is 7.92. The molecule has 38 heavy (non-hydrogen) atoms. The Morgan fingerprint density at radius 1 is 0.947 bits per heavy atom. The summed E-state index contributed by atoms with van der Waals surface area (Å²) in [5, 5.41) is 4.57. The number of unbranched alkanes of at least 4 members (excludes halogenated alkanes) is 2. The molecule has 2 aliphatic rings. The van der Waals surface area contributed by atoms with E-state index in [4.69, 9.17) is 23.2 Å². The smallest absolute Gasteiger partial charge is 0.227 e. The second-order valence-corrected chi connectivity index (χ2v) is 11.1. The third-order valence-corrected chi connectivity index (χ3v) is 8.30. The van der Waals surface area contributed by atoms with E-state index in [-0.39, 0.29) is 17.6 Å². The molecule has 0 saturated heterocycles. The Hall–Kier alpha value is -3.08. The average Bonchev–Trinajstić information content (AvgIpc) is 3.05. The third kappa shape index (κ3) is 5.25. The molecule has 1 amide bonds. The summed E-state index contributed by atoms with van der Waals surface area (Å²) in [4.78, 5) is 29.8. The number of fused-ring (bicyclic) bond motifs is 1. The molecule has 3 aromatic carbocycles. The van der Waals surface area contributed by atoms with Gasteiger partial charge < -0.3 is 5.32 Å². The molecule has 0 saturated carbocycles. The van der Waals surface area contributed by atoms with Gasteiger partial charge in [0.1, 0.15) is 0 Å². The number of ketones is 1. The number of nitrogens with zero attached hydrogens (tertiary/aromatic N) is 1. The van der Waals surface area contributed by atoms with Crippen molar-refractivity contribution in [2.75, 3.05) is 10.2 Å². The van der Waals surface area contributed by atoms with Crippen LogP contribution in [0.25, 0.3) is 0 Å². The molecule has 0 spiro atoms. The van der Waals surface area contributed by atoms with E-state index in [1.807, 2.05) is 72.5 Å². The van der Waals surface area contributed by atoms with Crippen molar-refractivity contribution in [1.82, 2.24) is 0 Å². The fourth-order valence-electron chi connectivity index (χ4n) is 5.58. The van der Waals surface area contributed by atoms with Crippen LogP contribution in [0.3, 0.4) is 0 Å². The van der Waals surface area contributed by atoms with E-state index in [9.17, 15) is 9.59 Å². The highest BCUT2D eigenvalue weighted by Crippen LogP contribution is 2.48.